The van der Waals surface area contributed by atoms with Crippen molar-refractivity contribution in [3.63, 3.8) is 0 Å². The van der Waals surface area contributed by atoms with E-state index in [1.165, 1.54) is 7.11 Å². The first-order valence-corrected chi connectivity index (χ1v) is 10.4. The Balaban J connectivity index is 1.98. The number of hydrogen-bond donors (Lipinski definition) is 2. The molecule has 1 unspecified atom stereocenters. The van der Waals surface area contributed by atoms with Crippen molar-refractivity contribution in [2.24, 2.45) is 0 Å². The molecule has 0 spiro atoms. The van der Waals surface area contributed by atoms with Gasteiger partial charge in [-0.15, -0.1) is 0 Å². The molecule has 2 aromatic rings. The highest BCUT2D eigenvalue weighted by molar-refractivity contribution is 7.89. The predicted molar refractivity (Wildman–Crippen MR) is 105 cm³/mol. The molecule has 0 aliphatic carbocycles. The van der Waals surface area contributed by atoms with E-state index >= 15 is 0 Å². The summed E-state index contributed by atoms with van der Waals surface area (Å²) in [6.45, 7) is -0.182. The number of sulfonamides is 1. The molecule has 0 bridgehead atoms. The van der Waals surface area contributed by atoms with E-state index in [0.29, 0.717) is 10.6 Å². The maximum absolute atomic E-state index is 12.9. The van der Waals surface area contributed by atoms with Gasteiger partial charge in [-0.3, -0.25) is 9.59 Å². The molecule has 1 atom stereocenters. The van der Waals surface area contributed by atoms with E-state index in [1.807, 2.05) is 0 Å². The first-order chi connectivity index (χ1) is 13.7. The maximum atomic E-state index is 12.9. The lowest BCUT2D eigenvalue weighted by Gasteiger charge is -2.19. The van der Waals surface area contributed by atoms with Crippen LogP contribution in [0.15, 0.2) is 53.4 Å². The Kier molecular flexibility index (Phi) is 8.12. The van der Waals surface area contributed by atoms with E-state index in [9.17, 15) is 22.4 Å². The van der Waals surface area contributed by atoms with Crippen molar-refractivity contribution < 1.29 is 27.1 Å². The first kappa shape index (κ1) is 22.8. The van der Waals surface area contributed by atoms with E-state index in [-0.39, 0.29) is 24.3 Å². The molecule has 2 N–H and O–H groups in total. The van der Waals surface area contributed by atoms with Gasteiger partial charge in [0.05, 0.1) is 24.5 Å². The van der Waals surface area contributed by atoms with Crippen LogP contribution in [0.4, 0.5) is 4.39 Å². The fraction of sp³-hybridized carbons (Fsp3) is 0.263. The highest BCUT2D eigenvalue weighted by atomic mass is 35.5. The molecule has 0 aromatic heterocycles. The van der Waals surface area contributed by atoms with Crippen molar-refractivity contribution in [1.29, 1.82) is 0 Å². The van der Waals surface area contributed by atoms with E-state index in [2.05, 4.69) is 14.8 Å². The number of carbonyl (C=O) groups is 2. The summed E-state index contributed by atoms with van der Waals surface area (Å²) in [5.41, 5.74) is 0.541. The lowest BCUT2D eigenvalue weighted by Crippen LogP contribution is -2.34. The summed E-state index contributed by atoms with van der Waals surface area (Å²) in [5, 5.41) is 3.04. The third-order valence-electron chi connectivity index (χ3n) is 3.98. The second-order valence-corrected chi connectivity index (χ2v) is 8.20. The molecule has 0 aliphatic rings. The zero-order valence-electron chi connectivity index (χ0n) is 15.5. The van der Waals surface area contributed by atoms with E-state index in [4.69, 9.17) is 11.6 Å². The third kappa shape index (κ3) is 6.81. The van der Waals surface area contributed by atoms with Gasteiger partial charge < -0.3 is 10.1 Å². The summed E-state index contributed by atoms with van der Waals surface area (Å²) in [4.78, 5) is 23.9. The molecule has 0 saturated heterocycles. The van der Waals surface area contributed by atoms with Gasteiger partial charge in [0.1, 0.15) is 5.82 Å². The lowest BCUT2D eigenvalue weighted by molar-refractivity contribution is -0.141. The molecule has 7 nitrogen and oxygen atoms in total. The SMILES string of the molecule is COC(=O)CC(NC(=O)CCNS(=O)(=O)c1ccc(F)cc1)c1ccccc1Cl. The van der Waals surface area contributed by atoms with Crippen LogP contribution in [0, 0.1) is 5.82 Å². The van der Waals surface area contributed by atoms with Crippen LogP contribution in [0.2, 0.25) is 5.02 Å². The molecule has 0 radical (unpaired) electrons. The zero-order valence-corrected chi connectivity index (χ0v) is 17.1. The standard InChI is InChI=1S/C19H20ClFN2O5S/c1-28-19(25)12-17(15-4-2-3-5-16(15)20)23-18(24)10-11-22-29(26,27)14-8-6-13(21)7-9-14/h2-9,17,22H,10-12H2,1H3,(H,23,24). The summed E-state index contributed by atoms with van der Waals surface area (Å²) in [6, 6.07) is 10.3. The fourth-order valence-corrected chi connectivity index (χ4v) is 3.81. The van der Waals surface area contributed by atoms with Gasteiger partial charge in [0.2, 0.25) is 15.9 Å². The summed E-state index contributed by atoms with van der Waals surface area (Å²) in [6.07, 6.45) is -0.310. The number of hydrogen-bond acceptors (Lipinski definition) is 5. The number of ether oxygens (including phenoxy) is 1. The summed E-state index contributed by atoms with van der Waals surface area (Å²) >= 11 is 6.15. The molecule has 0 fully saturated rings. The Labute approximate surface area is 173 Å². The van der Waals surface area contributed by atoms with E-state index < -0.39 is 33.8 Å². The zero-order chi connectivity index (χ0) is 21.4. The Morgan fingerprint density at radius 1 is 1.14 bits per heavy atom. The number of carbonyl (C=O) groups excluding carboxylic acids is 2. The number of esters is 1. The number of amides is 1. The van der Waals surface area contributed by atoms with Crippen LogP contribution in [-0.4, -0.2) is 33.9 Å². The van der Waals surface area contributed by atoms with Gasteiger partial charge >= 0.3 is 5.97 Å². The van der Waals surface area contributed by atoms with Gasteiger partial charge in [-0.05, 0) is 35.9 Å². The molecular formula is C19H20ClFN2O5S. The average Bonchev–Trinajstić information content (AvgIpc) is 2.68. The highest BCUT2D eigenvalue weighted by Crippen LogP contribution is 2.25. The summed E-state index contributed by atoms with van der Waals surface area (Å²) in [5.74, 6) is -1.58. The van der Waals surface area contributed by atoms with Crippen molar-refractivity contribution in [1.82, 2.24) is 10.0 Å². The third-order valence-corrected chi connectivity index (χ3v) is 5.80. The van der Waals surface area contributed by atoms with Gasteiger partial charge in [-0.25, -0.2) is 17.5 Å². The lowest BCUT2D eigenvalue weighted by atomic mass is 10.0. The van der Waals surface area contributed by atoms with E-state index in [1.54, 1.807) is 24.3 Å². The van der Waals surface area contributed by atoms with Gasteiger partial charge in [-0.2, -0.15) is 0 Å². The average molecular weight is 443 g/mol. The van der Waals surface area contributed by atoms with Crippen LogP contribution in [0.3, 0.4) is 0 Å². The maximum Gasteiger partial charge on any atom is 0.307 e. The molecule has 2 aromatic carbocycles. The number of rotatable bonds is 9. The highest BCUT2D eigenvalue weighted by Gasteiger charge is 2.21. The van der Waals surface area contributed by atoms with Crippen molar-refractivity contribution >= 4 is 33.5 Å². The number of halogens is 2. The minimum absolute atomic E-state index is 0.112. The minimum Gasteiger partial charge on any atom is -0.469 e. The smallest absolute Gasteiger partial charge is 0.307 e. The van der Waals surface area contributed by atoms with Crippen LogP contribution in [-0.2, 0) is 24.3 Å². The van der Waals surface area contributed by atoms with Gasteiger partial charge in [-0.1, -0.05) is 29.8 Å². The largest absolute Gasteiger partial charge is 0.469 e. The molecule has 29 heavy (non-hydrogen) atoms. The summed E-state index contributed by atoms with van der Waals surface area (Å²) < 4.78 is 44.2. The molecule has 0 heterocycles. The van der Waals surface area contributed by atoms with E-state index in [0.717, 1.165) is 24.3 Å². The van der Waals surface area contributed by atoms with Gasteiger partial charge in [0, 0.05) is 18.0 Å². The van der Waals surface area contributed by atoms with Crippen LogP contribution in [0.25, 0.3) is 0 Å². The van der Waals surface area contributed by atoms with Crippen molar-refractivity contribution in [3.8, 4) is 0 Å². The van der Waals surface area contributed by atoms with Crippen LogP contribution >= 0.6 is 11.6 Å². The second-order valence-electron chi connectivity index (χ2n) is 6.02. The normalized spacial score (nSPS) is 12.2. The molecule has 156 valence electrons. The monoisotopic (exact) mass is 442 g/mol. The molecular weight excluding hydrogens is 423 g/mol. The van der Waals surface area contributed by atoms with Crippen molar-refractivity contribution in [2.75, 3.05) is 13.7 Å². The first-order valence-electron chi connectivity index (χ1n) is 8.59. The molecule has 2 rings (SSSR count). The van der Waals surface area contributed by atoms with Gasteiger partial charge in [0.25, 0.3) is 0 Å². The Hall–Kier alpha value is -2.49. The number of nitrogens with one attached hydrogen (secondary N) is 2. The van der Waals surface area contributed by atoms with Crippen LogP contribution in [0.5, 0.6) is 0 Å². The summed E-state index contributed by atoms with van der Waals surface area (Å²) in [7, 11) is -2.64. The predicted octanol–water partition coefficient (Wildman–Crippen LogP) is 2.57. The molecule has 0 aliphatic heterocycles. The van der Waals surface area contributed by atoms with Gasteiger partial charge in [0.15, 0.2) is 0 Å². The Morgan fingerprint density at radius 3 is 2.41 bits per heavy atom. The van der Waals surface area contributed by atoms with Crippen LogP contribution in [0.1, 0.15) is 24.4 Å². The Morgan fingerprint density at radius 2 is 1.79 bits per heavy atom. The molecule has 0 saturated carbocycles. The van der Waals surface area contributed by atoms with Crippen molar-refractivity contribution in [3.05, 3.63) is 64.9 Å². The quantitative estimate of drug-likeness (QED) is 0.581. The topological polar surface area (TPSA) is 102 Å². The molecule has 10 heteroatoms. The Bertz CT molecular complexity index is 967. The van der Waals surface area contributed by atoms with Crippen LogP contribution < -0.4 is 10.0 Å². The number of methoxy groups -OCH3 is 1. The number of benzene rings is 2. The molecule has 1 amide bonds. The second kappa shape index (κ2) is 10.3. The minimum atomic E-state index is -3.87. The fourth-order valence-electron chi connectivity index (χ4n) is 2.51. The van der Waals surface area contributed by atoms with Crippen molar-refractivity contribution in [2.45, 2.75) is 23.8 Å².